The first-order chi connectivity index (χ1) is 8.54. The summed E-state index contributed by atoms with van der Waals surface area (Å²) in [4.78, 5) is 8.98. The Kier molecular flexibility index (Phi) is 8.84. The van der Waals surface area contributed by atoms with Gasteiger partial charge in [0.25, 0.3) is 0 Å². The summed E-state index contributed by atoms with van der Waals surface area (Å²) >= 11 is 0. The van der Waals surface area contributed by atoms with Crippen LogP contribution >= 0.6 is 0 Å². The van der Waals surface area contributed by atoms with Gasteiger partial charge in [0.15, 0.2) is 0 Å². The fourth-order valence-electron chi connectivity index (χ4n) is 1.38. The lowest BCUT2D eigenvalue weighted by Crippen LogP contribution is -2.29. The molecule has 0 aliphatic carbocycles. The van der Waals surface area contributed by atoms with E-state index >= 15 is 0 Å². The molecule has 0 rings (SSSR count). The molecule has 0 heterocycles. The van der Waals surface area contributed by atoms with Crippen molar-refractivity contribution in [1.29, 1.82) is 0 Å². The molecule has 1 unspecified atom stereocenters. The molecule has 3 N–H and O–H groups in total. The van der Waals surface area contributed by atoms with E-state index in [2.05, 4.69) is 35.5 Å². The topological polar surface area (TPSA) is 62.8 Å². The lowest BCUT2D eigenvalue weighted by atomic mass is 10.1. The van der Waals surface area contributed by atoms with Crippen LogP contribution in [0.2, 0.25) is 0 Å². The Morgan fingerprint density at radius 2 is 2.11 bits per heavy atom. The van der Waals surface area contributed by atoms with Crippen LogP contribution in [0.5, 0.6) is 0 Å². The number of nitrogens with two attached hydrogens (primary N) is 1. The lowest BCUT2D eigenvalue weighted by Gasteiger charge is -2.10. The summed E-state index contributed by atoms with van der Waals surface area (Å²) in [5.41, 5.74) is 4.62. The average molecular weight is 250 g/mol. The number of nitrogens with zero attached hydrogens (tertiary/aromatic N) is 2. The Bertz CT molecular complexity index is 329. The fraction of sp³-hybridized carbons (Fsp3) is 0.571. The summed E-state index contributed by atoms with van der Waals surface area (Å²) in [6.07, 6.45) is 4.70. The Morgan fingerprint density at radius 1 is 1.44 bits per heavy atom. The van der Waals surface area contributed by atoms with Crippen LogP contribution in [0.25, 0.3) is 0 Å². The summed E-state index contributed by atoms with van der Waals surface area (Å²) in [5, 5.41) is 0. The van der Waals surface area contributed by atoms with Crippen LogP contribution < -0.4 is 11.3 Å². The molecule has 18 heavy (non-hydrogen) atoms. The molecule has 0 saturated heterocycles. The minimum absolute atomic E-state index is 0.170. The standard InChI is InChI=1S/C14H26N4/c1-6-8-9-11(3)12(4)16-10-14(7-2)17-13(5)18-15/h6,14H,1,3,7-10,15H2,2,4-5H3,(H,17,18). The van der Waals surface area contributed by atoms with Gasteiger partial charge in [-0.25, -0.2) is 5.84 Å². The molecule has 0 amide bonds. The van der Waals surface area contributed by atoms with Crippen LogP contribution in [0.3, 0.4) is 0 Å². The molecule has 0 spiro atoms. The van der Waals surface area contributed by atoms with Crippen LogP contribution in [0.4, 0.5) is 0 Å². The van der Waals surface area contributed by atoms with Gasteiger partial charge in [-0.15, -0.1) is 6.58 Å². The highest BCUT2D eigenvalue weighted by Gasteiger charge is 2.04. The van der Waals surface area contributed by atoms with E-state index in [9.17, 15) is 0 Å². The van der Waals surface area contributed by atoms with Gasteiger partial charge in [0, 0.05) is 5.71 Å². The molecule has 0 radical (unpaired) electrons. The highest BCUT2D eigenvalue weighted by molar-refractivity contribution is 5.97. The third-order valence-corrected chi connectivity index (χ3v) is 2.76. The second-order valence-corrected chi connectivity index (χ2v) is 4.28. The summed E-state index contributed by atoms with van der Waals surface area (Å²) in [7, 11) is 0. The number of nitrogens with one attached hydrogen (secondary N) is 1. The van der Waals surface area contributed by atoms with E-state index in [1.807, 2.05) is 19.9 Å². The number of allylic oxidation sites excluding steroid dienone is 2. The smallest absolute Gasteiger partial charge is 0.108 e. The molecule has 4 nitrogen and oxygen atoms in total. The number of aliphatic imine (C=N–C) groups is 2. The van der Waals surface area contributed by atoms with Crippen molar-refractivity contribution < 1.29 is 0 Å². The molecule has 4 heteroatoms. The van der Waals surface area contributed by atoms with Gasteiger partial charge in [0.05, 0.1) is 12.6 Å². The summed E-state index contributed by atoms with van der Waals surface area (Å²) in [6.45, 7) is 14.3. The maximum atomic E-state index is 5.29. The van der Waals surface area contributed by atoms with Crippen molar-refractivity contribution in [2.45, 2.75) is 46.1 Å². The first-order valence-corrected chi connectivity index (χ1v) is 6.36. The highest BCUT2D eigenvalue weighted by Crippen LogP contribution is 2.07. The number of hydrogen-bond donors (Lipinski definition) is 2. The molecule has 0 aliphatic heterocycles. The van der Waals surface area contributed by atoms with E-state index in [1.165, 1.54) is 0 Å². The van der Waals surface area contributed by atoms with E-state index in [0.717, 1.165) is 36.4 Å². The van der Waals surface area contributed by atoms with Gasteiger partial charge in [-0.2, -0.15) is 0 Å². The monoisotopic (exact) mass is 250 g/mol. The van der Waals surface area contributed by atoms with Crippen LogP contribution in [0.1, 0.15) is 40.0 Å². The van der Waals surface area contributed by atoms with Crippen molar-refractivity contribution in [2.75, 3.05) is 6.54 Å². The van der Waals surface area contributed by atoms with Gasteiger partial charge in [0.2, 0.25) is 0 Å². The zero-order valence-corrected chi connectivity index (χ0v) is 11.9. The Labute approximate surface area is 111 Å². The maximum Gasteiger partial charge on any atom is 0.108 e. The predicted octanol–water partition coefficient (Wildman–Crippen LogP) is 2.63. The minimum Gasteiger partial charge on any atom is -0.313 e. The molecule has 0 bridgehead atoms. The summed E-state index contributed by atoms with van der Waals surface area (Å²) in [5.74, 6) is 6.03. The van der Waals surface area contributed by atoms with Gasteiger partial charge < -0.3 is 5.43 Å². The van der Waals surface area contributed by atoms with Crippen LogP contribution in [-0.4, -0.2) is 24.1 Å². The van der Waals surface area contributed by atoms with Gasteiger partial charge in [-0.05, 0) is 38.7 Å². The molecule has 0 aromatic rings. The van der Waals surface area contributed by atoms with Crippen molar-refractivity contribution in [2.24, 2.45) is 15.8 Å². The number of hydrogen-bond acceptors (Lipinski definition) is 3. The largest absolute Gasteiger partial charge is 0.313 e. The van der Waals surface area contributed by atoms with Gasteiger partial charge in [-0.3, -0.25) is 9.98 Å². The third-order valence-electron chi connectivity index (χ3n) is 2.76. The second kappa shape index (κ2) is 9.59. The third kappa shape index (κ3) is 7.01. The van der Waals surface area contributed by atoms with Crippen molar-refractivity contribution in [1.82, 2.24) is 5.43 Å². The fourth-order valence-corrected chi connectivity index (χ4v) is 1.38. The van der Waals surface area contributed by atoms with Gasteiger partial charge in [-0.1, -0.05) is 19.6 Å². The van der Waals surface area contributed by atoms with Crippen molar-refractivity contribution in [3.63, 3.8) is 0 Å². The molecule has 0 fully saturated rings. The van der Waals surface area contributed by atoms with Crippen LogP contribution in [0.15, 0.2) is 34.8 Å². The molecule has 0 aliphatic rings. The van der Waals surface area contributed by atoms with Crippen molar-refractivity contribution in [3.05, 3.63) is 24.8 Å². The first-order valence-electron chi connectivity index (χ1n) is 6.36. The van der Waals surface area contributed by atoms with Crippen LogP contribution in [-0.2, 0) is 0 Å². The van der Waals surface area contributed by atoms with E-state index in [0.29, 0.717) is 6.54 Å². The zero-order valence-electron chi connectivity index (χ0n) is 11.9. The first kappa shape index (κ1) is 16.6. The van der Waals surface area contributed by atoms with Gasteiger partial charge >= 0.3 is 0 Å². The van der Waals surface area contributed by atoms with Crippen LogP contribution in [0, 0.1) is 0 Å². The highest BCUT2D eigenvalue weighted by atomic mass is 15.2. The Morgan fingerprint density at radius 3 is 2.61 bits per heavy atom. The van der Waals surface area contributed by atoms with Crippen molar-refractivity contribution >= 4 is 11.5 Å². The molecule has 0 saturated carbocycles. The molecule has 0 aromatic heterocycles. The Hall–Kier alpha value is -1.42. The average Bonchev–Trinajstić information content (AvgIpc) is 2.39. The number of hydrazine groups is 1. The molecule has 102 valence electrons. The quantitative estimate of drug-likeness (QED) is 0.229. The normalized spacial score (nSPS) is 14.2. The summed E-state index contributed by atoms with van der Waals surface area (Å²) in [6, 6.07) is 0.170. The van der Waals surface area contributed by atoms with Crippen molar-refractivity contribution in [3.8, 4) is 0 Å². The summed E-state index contributed by atoms with van der Waals surface area (Å²) < 4.78 is 0. The SMILES string of the molecule is C=CCCC(=C)C(C)=NCC(CC)N=C(C)NN. The molecule has 0 aromatic carbocycles. The molecular weight excluding hydrogens is 224 g/mol. The zero-order chi connectivity index (χ0) is 14.0. The lowest BCUT2D eigenvalue weighted by molar-refractivity contribution is 0.658. The van der Waals surface area contributed by atoms with E-state index in [4.69, 9.17) is 5.84 Å². The minimum atomic E-state index is 0.170. The predicted molar refractivity (Wildman–Crippen MR) is 81.1 cm³/mol. The Balaban J connectivity index is 4.40. The number of rotatable bonds is 8. The van der Waals surface area contributed by atoms with Gasteiger partial charge in [0.1, 0.15) is 5.84 Å². The molecule has 1 atom stereocenters. The second-order valence-electron chi connectivity index (χ2n) is 4.28. The molecular formula is C14H26N4. The van der Waals surface area contributed by atoms with E-state index in [1.54, 1.807) is 0 Å². The van der Waals surface area contributed by atoms with E-state index < -0.39 is 0 Å². The maximum absolute atomic E-state index is 5.29. The number of amidine groups is 1. The van der Waals surface area contributed by atoms with E-state index in [-0.39, 0.29) is 6.04 Å².